The molecule has 6 nitrogen and oxygen atoms in total. The van der Waals surface area contributed by atoms with Gasteiger partial charge in [-0.3, -0.25) is 4.68 Å². The van der Waals surface area contributed by atoms with Crippen molar-refractivity contribution in [3.8, 4) is 22.6 Å². The molecule has 25 heavy (non-hydrogen) atoms. The van der Waals surface area contributed by atoms with Gasteiger partial charge in [0.25, 0.3) is 5.89 Å². The number of aryl methyl sites for hydroxylation is 1. The summed E-state index contributed by atoms with van der Waals surface area (Å²) in [5, 5.41) is 12.3. The van der Waals surface area contributed by atoms with Gasteiger partial charge in [-0.25, -0.2) is 0 Å². The van der Waals surface area contributed by atoms with E-state index >= 15 is 0 Å². The van der Waals surface area contributed by atoms with Crippen LogP contribution in [0.4, 0.5) is 0 Å². The molecule has 2 unspecified atom stereocenters. The molecule has 1 aromatic carbocycles. The van der Waals surface area contributed by atoms with Crippen molar-refractivity contribution in [2.45, 2.75) is 43.7 Å². The van der Waals surface area contributed by atoms with Gasteiger partial charge in [0.2, 0.25) is 0 Å². The van der Waals surface area contributed by atoms with E-state index in [4.69, 9.17) is 9.51 Å². The van der Waals surface area contributed by atoms with Crippen molar-refractivity contribution in [1.82, 2.24) is 25.2 Å². The standard InChI is InChI=1S/C19H21N5O/c1-24-11-13(10-20-24)16-4-2-3-5-17(16)19-22-18(23-25-19)12-8-14-6-7-15(9-12)21-14/h2-5,10-12,14-15,21H,6-9H2,1H3. The quantitative estimate of drug-likeness (QED) is 0.796. The minimum absolute atomic E-state index is 0.404. The maximum atomic E-state index is 5.66. The molecule has 128 valence electrons. The molecule has 2 aliphatic rings. The predicted molar refractivity (Wildman–Crippen MR) is 93.9 cm³/mol. The van der Waals surface area contributed by atoms with E-state index in [9.17, 15) is 0 Å². The van der Waals surface area contributed by atoms with E-state index in [1.807, 2.05) is 37.6 Å². The number of nitrogens with one attached hydrogen (secondary N) is 1. The zero-order valence-electron chi connectivity index (χ0n) is 14.2. The molecule has 5 rings (SSSR count). The Kier molecular flexibility index (Phi) is 3.45. The summed E-state index contributed by atoms with van der Waals surface area (Å²) in [6, 6.07) is 9.37. The third kappa shape index (κ3) is 2.66. The average molecular weight is 335 g/mol. The van der Waals surface area contributed by atoms with Crippen molar-refractivity contribution in [2.75, 3.05) is 0 Å². The Morgan fingerprint density at radius 2 is 1.88 bits per heavy atom. The van der Waals surface area contributed by atoms with Crippen LogP contribution < -0.4 is 5.32 Å². The van der Waals surface area contributed by atoms with Gasteiger partial charge in [0.05, 0.1) is 6.20 Å². The Morgan fingerprint density at radius 1 is 1.12 bits per heavy atom. The minimum atomic E-state index is 0.404. The monoisotopic (exact) mass is 335 g/mol. The topological polar surface area (TPSA) is 68.8 Å². The first-order valence-electron chi connectivity index (χ1n) is 8.94. The first-order chi connectivity index (χ1) is 12.3. The molecule has 2 saturated heterocycles. The fourth-order valence-electron chi connectivity index (χ4n) is 4.26. The van der Waals surface area contributed by atoms with Crippen molar-refractivity contribution in [1.29, 1.82) is 0 Å². The van der Waals surface area contributed by atoms with E-state index in [1.54, 1.807) is 4.68 Å². The Labute approximate surface area is 146 Å². The molecule has 6 heteroatoms. The summed E-state index contributed by atoms with van der Waals surface area (Å²) in [5.41, 5.74) is 3.08. The van der Waals surface area contributed by atoms with E-state index in [2.05, 4.69) is 21.6 Å². The predicted octanol–water partition coefficient (Wildman–Crippen LogP) is 3.14. The fraction of sp³-hybridized carbons (Fsp3) is 0.421. The van der Waals surface area contributed by atoms with Crippen LogP contribution in [0, 0.1) is 0 Å². The van der Waals surface area contributed by atoms with Crippen LogP contribution in [0.1, 0.15) is 37.4 Å². The molecule has 1 N–H and O–H groups in total. The van der Waals surface area contributed by atoms with Crippen LogP contribution in [-0.4, -0.2) is 32.0 Å². The summed E-state index contributed by atoms with van der Waals surface area (Å²) in [5.74, 6) is 1.86. The summed E-state index contributed by atoms with van der Waals surface area (Å²) < 4.78 is 7.46. The summed E-state index contributed by atoms with van der Waals surface area (Å²) in [4.78, 5) is 4.76. The van der Waals surface area contributed by atoms with Crippen LogP contribution in [0.5, 0.6) is 0 Å². The largest absolute Gasteiger partial charge is 0.334 e. The third-order valence-electron chi connectivity index (χ3n) is 5.45. The van der Waals surface area contributed by atoms with Gasteiger partial charge >= 0.3 is 0 Å². The normalized spacial score (nSPS) is 25.4. The highest BCUT2D eigenvalue weighted by Crippen LogP contribution is 2.37. The summed E-state index contributed by atoms with van der Waals surface area (Å²) >= 11 is 0. The van der Waals surface area contributed by atoms with Crippen molar-refractivity contribution >= 4 is 0 Å². The van der Waals surface area contributed by atoms with E-state index in [0.717, 1.165) is 35.4 Å². The molecule has 0 radical (unpaired) electrons. The number of benzene rings is 1. The number of nitrogens with zero attached hydrogens (tertiary/aromatic N) is 4. The van der Waals surface area contributed by atoms with Gasteiger partial charge in [-0.2, -0.15) is 10.1 Å². The maximum Gasteiger partial charge on any atom is 0.258 e. The second kappa shape index (κ2) is 5.81. The third-order valence-corrected chi connectivity index (χ3v) is 5.45. The number of fused-ring (bicyclic) bond motifs is 2. The molecule has 0 saturated carbocycles. The van der Waals surface area contributed by atoms with Gasteiger partial charge in [-0.15, -0.1) is 0 Å². The summed E-state index contributed by atoms with van der Waals surface area (Å²) in [7, 11) is 1.92. The summed E-state index contributed by atoms with van der Waals surface area (Å²) in [6.45, 7) is 0. The highest BCUT2D eigenvalue weighted by Gasteiger charge is 2.36. The van der Waals surface area contributed by atoms with E-state index in [0.29, 0.717) is 23.9 Å². The molecule has 2 aliphatic heterocycles. The SMILES string of the molecule is Cn1cc(-c2ccccc2-c2nc(C3CC4CCC(C3)N4)no2)cn1. The zero-order chi connectivity index (χ0) is 16.8. The van der Waals surface area contributed by atoms with Gasteiger partial charge in [0, 0.05) is 42.4 Å². The van der Waals surface area contributed by atoms with Crippen LogP contribution in [-0.2, 0) is 7.05 Å². The van der Waals surface area contributed by atoms with Crippen LogP contribution in [0.15, 0.2) is 41.2 Å². The molecule has 2 fully saturated rings. The lowest BCUT2D eigenvalue weighted by molar-refractivity contribution is 0.340. The van der Waals surface area contributed by atoms with Crippen molar-refractivity contribution in [2.24, 2.45) is 7.05 Å². The molecule has 3 aromatic rings. The van der Waals surface area contributed by atoms with Crippen LogP contribution in [0.2, 0.25) is 0 Å². The number of aromatic nitrogens is 4. The molecule has 4 heterocycles. The molecule has 0 aliphatic carbocycles. The number of hydrogen-bond donors (Lipinski definition) is 1. The Bertz CT molecular complexity index is 887. The highest BCUT2D eigenvalue weighted by molar-refractivity contribution is 5.79. The van der Waals surface area contributed by atoms with Crippen molar-refractivity contribution < 1.29 is 4.52 Å². The Morgan fingerprint density at radius 3 is 2.60 bits per heavy atom. The maximum absolute atomic E-state index is 5.66. The highest BCUT2D eigenvalue weighted by atomic mass is 16.5. The molecular weight excluding hydrogens is 314 g/mol. The van der Waals surface area contributed by atoms with Gasteiger partial charge in [0.15, 0.2) is 5.82 Å². The Hall–Kier alpha value is -2.47. The van der Waals surface area contributed by atoms with Crippen molar-refractivity contribution in [3.63, 3.8) is 0 Å². The van der Waals surface area contributed by atoms with E-state index in [1.165, 1.54) is 12.8 Å². The zero-order valence-corrected chi connectivity index (χ0v) is 14.2. The fourth-order valence-corrected chi connectivity index (χ4v) is 4.26. The summed E-state index contributed by atoms with van der Waals surface area (Å²) in [6.07, 6.45) is 8.63. The lowest BCUT2D eigenvalue weighted by Crippen LogP contribution is -2.37. The van der Waals surface area contributed by atoms with E-state index < -0.39 is 0 Å². The average Bonchev–Trinajstić information content (AvgIpc) is 3.35. The van der Waals surface area contributed by atoms with Gasteiger partial charge in [-0.1, -0.05) is 23.4 Å². The van der Waals surface area contributed by atoms with Gasteiger partial charge < -0.3 is 9.84 Å². The second-order valence-electron chi connectivity index (χ2n) is 7.21. The van der Waals surface area contributed by atoms with Crippen LogP contribution in [0.25, 0.3) is 22.6 Å². The molecule has 0 amide bonds. The Balaban J connectivity index is 1.48. The minimum Gasteiger partial charge on any atom is -0.334 e. The van der Waals surface area contributed by atoms with Crippen LogP contribution >= 0.6 is 0 Å². The molecular formula is C19H21N5O. The first-order valence-corrected chi connectivity index (χ1v) is 8.94. The molecule has 2 atom stereocenters. The van der Waals surface area contributed by atoms with E-state index in [-0.39, 0.29) is 0 Å². The second-order valence-corrected chi connectivity index (χ2v) is 7.21. The van der Waals surface area contributed by atoms with Crippen LogP contribution in [0.3, 0.4) is 0 Å². The molecule has 0 spiro atoms. The number of rotatable bonds is 3. The van der Waals surface area contributed by atoms with Gasteiger partial charge in [-0.05, 0) is 37.3 Å². The lowest BCUT2D eigenvalue weighted by atomic mass is 9.92. The first kappa shape index (κ1) is 14.8. The molecule has 2 aromatic heterocycles. The number of piperidine rings is 1. The smallest absolute Gasteiger partial charge is 0.258 e. The van der Waals surface area contributed by atoms with Gasteiger partial charge in [0.1, 0.15) is 0 Å². The van der Waals surface area contributed by atoms with Crippen molar-refractivity contribution in [3.05, 3.63) is 42.5 Å². The lowest BCUT2D eigenvalue weighted by Gasteiger charge is -2.26. The number of hydrogen-bond acceptors (Lipinski definition) is 5. The molecule has 2 bridgehead atoms.